The number of halogens is 7. The first-order valence-corrected chi connectivity index (χ1v) is 2.53. The predicted molar refractivity (Wildman–Crippen MR) is 24.9 cm³/mol. The Labute approximate surface area is 62.3 Å². The number of alkyl halides is 7. The van der Waals surface area contributed by atoms with Crippen molar-refractivity contribution in [2.45, 2.75) is 24.6 Å². The van der Waals surface area contributed by atoms with E-state index < -0.39 is 24.6 Å². The lowest BCUT2D eigenvalue weighted by atomic mass is 10.2. The summed E-state index contributed by atoms with van der Waals surface area (Å²) in [5.41, 5.74) is 5.43. The van der Waals surface area contributed by atoms with Crippen molar-refractivity contribution < 1.29 is 30.7 Å². The highest BCUT2D eigenvalue weighted by Crippen LogP contribution is 2.42. The van der Waals surface area contributed by atoms with Crippen LogP contribution in [0.2, 0.25) is 0 Å². The van der Waals surface area contributed by atoms with Gasteiger partial charge in [-0.3, -0.25) is 0 Å². The first kappa shape index (κ1) is 11.5. The quantitative estimate of drug-likeness (QED) is 0.480. The van der Waals surface area contributed by atoms with Gasteiger partial charge in [0, 0.05) is 0 Å². The molecule has 0 aliphatic heterocycles. The van der Waals surface area contributed by atoms with E-state index in [9.17, 15) is 30.7 Å². The number of rotatable bonds is 2. The summed E-state index contributed by atoms with van der Waals surface area (Å²) in [7, 11) is 0. The highest BCUT2D eigenvalue weighted by atomic mass is 19.4. The highest BCUT2D eigenvalue weighted by Gasteiger charge is 2.53. The second-order valence-corrected chi connectivity index (χ2v) is 2.07. The Morgan fingerprint density at radius 1 is 0.833 bits per heavy atom. The van der Waals surface area contributed by atoms with Crippen LogP contribution in [0.1, 0.15) is 6.42 Å². The minimum Gasteiger partial charge on any atom is -0.610 e. The van der Waals surface area contributed by atoms with Gasteiger partial charge in [-0.25, -0.2) is 17.6 Å². The first-order chi connectivity index (χ1) is 4.96. The molecule has 1 N–H and O–H groups in total. The average Bonchev–Trinajstić information content (AvgIpc) is 1.52. The standard InChI is InChI=1S/C4H3F7N/c5-2(6,4(10,11)12)1-3(7,8)9/h12H,1H2/q-1. The molecule has 0 amide bonds. The van der Waals surface area contributed by atoms with Gasteiger partial charge in [0.05, 0.1) is 0 Å². The van der Waals surface area contributed by atoms with E-state index in [1.807, 2.05) is 0 Å². The van der Waals surface area contributed by atoms with Crippen molar-refractivity contribution in [1.29, 1.82) is 0 Å². The zero-order chi connectivity index (χ0) is 10.2. The van der Waals surface area contributed by atoms with Gasteiger partial charge in [0.25, 0.3) is 5.92 Å². The van der Waals surface area contributed by atoms with E-state index in [4.69, 9.17) is 5.73 Å². The summed E-state index contributed by atoms with van der Waals surface area (Å²) in [4.78, 5) is 0. The molecule has 1 nitrogen and oxygen atoms in total. The third-order valence-electron chi connectivity index (χ3n) is 0.882. The molecule has 0 atom stereocenters. The van der Waals surface area contributed by atoms with Gasteiger partial charge in [-0.1, -0.05) is 0 Å². The van der Waals surface area contributed by atoms with Crippen molar-refractivity contribution in [3.63, 3.8) is 0 Å². The summed E-state index contributed by atoms with van der Waals surface area (Å²) in [5.74, 6) is -5.37. The van der Waals surface area contributed by atoms with Crippen LogP contribution in [-0.4, -0.2) is 18.1 Å². The Morgan fingerprint density at radius 2 is 1.17 bits per heavy atom. The van der Waals surface area contributed by atoms with Crippen molar-refractivity contribution in [3.8, 4) is 0 Å². The second-order valence-electron chi connectivity index (χ2n) is 2.07. The lowest BCUT2D eigenvalue weighted by molar-refractivity contribution is -0.247. The van der Waals surface area contributed by atoms with Crippen molar-refractivity contribution in [3.05, 3.63) is 5.73 Å². The van der Waals surface area contributed by atoms with Crippen molar-refractivity contribution >= 4 is 0 Å². The molecular weight excluding hydrogens is 195 g/mol. The molecule has 0 saturated carbocycles. The van der Waals surface area contributed by atoms with Gasteiger partial charge >= 0.3 is 6.18 Å². The van der Waals surface area contributed by atoms with E-state index in [0.29, 0.717) is 0 Å². The molecule has 0 saturated heterocycles. The zero-order valence-electron chi connectivity index (χ0n) is 5.35. The summed E-state index contributed by atoms with van der Waals surface area (Å²) in [6.07, 6.45) is -8.40. The SMILES string of the molecule is [NH-]C(F)(F)C(F)(F)CC(F)(F)F. The fourth-order valence-electron chi connectivity index (χ4n) is 0.363. The van der Waals surface area contributed by atoms with E-state index in [-0.39, 0.29) is 0 Å². The van der Waals surface area contributed by atoms with Crippen LogP contribution in [0.4, 0.5) is 30.7 Å². The second kappa shape index (κ2) is 2.75. The van der Waals surface area contributed by atoms with E-state index in [0.717, 1.165) is 0 Å². The molecule has 0 bridgehead atoms. The van der Waals surface area contributed by atoms with Crippen LogP contribution < -0.4 is 0 Å². The van der Waals surface area contributed by atoms with E-state index in [1.165, 1.54) is 0 Å². The number of hydrogen-bond acceptors (Lipinski definition) is 0. The Morgan fingerprint density at radius 3 is 1.25 bits per heavy atom. The molecule has 0 unspecified atom stereocenters. The van der Waals surface area contributed by atoms with Crippen LogP contribution >= 0.6 is 0 Å². The molecule has 0 aliphatic rings. The Bertz CT molecular complexity index is 154. The lowest BCUT2D eigenvalue weighted by Gasteiger charge is -2.30. The molecule has 0 aromatic rings. The Kier molecular flexibility index (Phi) is 2.63. The largest absolute Gasteiger partial charge is 0.610 e. The minimum absolute atomic E-state index is 2.99. The van der Waals surface area contributed by atoms with Crippen LogP contribution in [0.25, 0.3) is 5.73 Å². The molecule has 0 aliphatic carbocycles. The van der Waals surface area contributed by atoms with Crippen LogP contribution in [0.15, 0.2) is 0 Å². The Hall–Kier alpha value is -0.530. The average molecular weight is 198 g/mol. The summed E-state index contributed by atoms with van der Waals surface area (Å²) in [6, 6.07) is -5.40. The minimum atomic E-state index is -5.41. The van der Waals surface area contributed by atoms with Crippen LogP contribution in [0.3, 0.4) is 0 Å². The molecule has 0 aromatic heterocycles. The topological polar surface area (TPSA) is 23.8 Å². The normalized spacial score (nSPS) is 15.0. The molecule has 0 fully saturated rings. The fourth-order valence-corrected chi connectivity index (χ4v) is 0.363. The molecule has 0 radical (unpaired) electrons. The van der Waals surface area contributed by atoms with Crippen LogP contribution in [0, 0.1) is 0 Å². The lowest BCUT2D eigenvalue weighted by Crippen LogP contribution is -2.40. The predicted octanol–water partition coefficient (Wildman–Crippen LogP) is 3.22. The summed E-state index contributed by atoms with van der Waals surface area (Å²) >= 11 is 0. The molecule has 12 heavy (non-hydrogen) atoms. The number of hydrogen-bond donors (Lipinski definition) is 0. The maximum absolute atomic E-state index is 11.8. The monoisotopic (exact) mass is 198 g/mol. The molecule has 74 valence electrons. The molecule has 0 aromatic carbocycles. The molecule has 0 rings (SSSR count). The highest BCUT2D eigenvalue weighted by molar-refractivity contribution is 4.89. The van der Waals surface area contributed by atoms with Crippen molar-refractivity contribution in [2.24, 2.45) is 0 Å². The maximum atomic E-state index is 11.8. The molecule has 0 heterocycles. The van der Waals surface area contributed by atoms with Crippen LogP contribution in [0.5, 0.6) is 0 Å². The number of nitrogens with one attached hydrogen (secondary N) is 1. The zero-order valence-corrected chi connectivity index (χ0v) is 5.35. The maximum Gasteiger partial charge on any atom is 0.395 e. The van der Waals surface area contributed by atoms with Gasteiger partial charge in [-0.15, -0.1) is 0 Å². The van der Waals surface area contributed by atoms with Crippen molar-refractivity contribution in [1.82, 2.24) is 0 Å². The van der Waals surface area contributed by atoms with E-state index in [2.05, 4.69) is 0 Å². The van der Waals surface area contributed by atoms with Gasteiger partial charge in [-0.05, 0) is 0 Å². The van der Waals surface area contributed by atoms with Crippen molar-refractivity contribution in [2.75, 3.05) is 0 Å². The summed E-state index contributed by atoms with van der Waals surface area (Å²) in [6.45, 7) is 0. The molecule has 8 heteroatoms. The van der Waals surface area contributed by atoms with Gasteiger partial charge in [0.1, 0.15) is 6.42 Å². The summed E-state index contributed by atoms with van der Waals surface area (Å²) < 4.78 is 80.0. The fraction of sp³-hybridized carbons (Fsp3) is 1.00. The summed E-state index contributed by atoms with van der Waals surface area (Å²) in [5, 5.41) is 0. The van der Waals surface area contributed by atoms with Crippen LogP contribution in [-0.2, 0) is 0 Å². The molecule has 0 spiro atoms. The third-order valence-corrected chi connectivity index (χ3v) is 0.882. The third kappa shape index (κ3) is 3.24. The first-order valence-electron chi connectivity index (χ1n) is 2.53. The van der Waals surface area contributed by atoms with Gasteiger partial charge in [0.15, 0.2) is 0 Å². The van der Waals surface area contributed by atoms with Gasteiger partial charge in [-0.2, -0.15) is 13.2 Å². The van der Waals surface area contributed by atoms with Gasteiger partial charge in [0.2, 0.25) is 6.05 Å². The van der Waals surface area contributed by atoms with E-state index >= 15 is 0 Å². The molecular formula is C4H3F7N-. The smallest absolute Gasteiger partial charge is 0.395 e. The van der Waals surface area contributed by atoms with Gasteiger partial charge < -0.3 is 5.73 Å². The Balaban J connectivity index is 4.44. The van der Waals surface area contributed by atoms with E-state index in [1.54, 1.807) is 0 Å².